The largest absolute Gasteiger partial charge is 0.389 e. The number of aliphatic hydroxyl groups excluding tert-OH is 1. The van der Waals surface area contributed by atoms with E-state index in [1.165, 1.54) is 0 Å². The van der Waals surface area contributed by atoms with Crippen molar-refractivity contribution in [2.24, 2.45) is 0 Å². The SMILES string of the molecule is Cc1cc(CN(C)CC(O)COCc2ccc(Cl)cc2)no1. The van der Waals surface area contributed by atoms with Crippen molar-refractivity contribution in [3.63, 3.8) is 0 Å². The number of aliphatic hydroxyl groups is 1. The molecule has 5 nitrogen and oxygen atoms in total. The average molecular weight is 325 g/mol. The van der Waals surface area contributed by atoms with E-state index in [4.69, 9.17) is 20.9 Å². The molecule has 0 fully saturated rings. The van der Waals surface area contributed by atoms with Crippen LogP contribution in [0.4, 0.5) is 0 Å². The van der Waals surface area contributed by atoms with Crippen LogP contribution in [0.2, 0.25) is 5.02 Å². The van der Waals surface area contributed by atoms with Crippen molar-refractivity contribution in [3.8, 4) is 0 Å². The molecule has 2 rings (SSSR count). The summed E-state index contributed by atoms with van der Waals surface area (Å²) in [5.41, 5.74) is 1.89. The molecule has 1 atom stereocenters. The summed E-state index contributed by atoms with van der Waals surface area (Å²) in [5.74, 6) is 0.787. The molecule has 0 aliphatic rings. The maximum absolute atomic E-state index is 9.99. The fourth-order valence-corrected chi connectivity index (χ4v) is 2.27. The third-order valence-corrected chi connectivity index (χ3v) is 3.38. The Labute approximate surface area is 135 Å². The van der Waals surface area contributed by atoms with Gasteiger partial charge in [-0.3, -0.25) is 4.90 Å². The minimum Gasteiger partial charge on any atom is -0.389 e. The van der Waals surface area contributed by atoms with Gasteiger partial charge in [0.1, 0.15) is 5.76 Å². The van der Waals surface area contributed by atoms with E-state index < -0.39 is 6.10 Å². The Balaban J connectivity index is 1.66. The van der Waals surface area contributed by atoms with Crippen molar-refractivity contribution in [2.45, 2.75) is 26.2 Å². The highest BCUT2D eigenvalue weighted by Crippen LogP contribution is 2.10. The van der Waals surface area contributed by atoms with Crippen molar-refractivity contribution in [3.05, 3.63) is 52.4 Å². The second-order valence-electron chi connectivity index (χ2n) is 5.42. The van der Waals surface area contributed by atoms with Gasteiger partial charge in [0.05, 0.1) is 25.0 Å². The molecule has 0 aliphatic carbocycles. The summed E-state index contributed by atoms with van der Waals surface area (Å²) >= 11 is 5.82. The van der Waals surface area contributed by atoms with Gasteiger partial charge < -0.3 is 14.4 Å². The summed E-state index contributed by atoms with van der Waals surface area (Å²) in [6.07, 6.45) is -0.551. The smallest absolute Gasteiger partial charge is 0.133 e. The van der Waals surface area contributed by atoms with Crippen molar-refractivity contribution >= 4 is 11.6 Å². The quantitative estimate of drug-likeness (QED) is 0.809. The summed E-state index contributed by atoms with van der Waals surface area (Å²) in [4.78, 5) is 1.98. The molecule has 1 aromatic heterocycles. The van der Waals surface area contributed by atoms with E-state index >= 15 is 0 Å². The summed E-state index contributed by atoms with van der Waals surface area (Å²) in [6.45, 7) is 3.74. The van der Waals surface area contributed by atoms with Gasteiger partial charge in [-0.15, -0.1) is 0 Å². The molecule has 1 unspecified atom stereocenters. The third kappa shape index (κ3) is 5.77. The molecule has 0 radical (unpaired) electrons. The molecule has 0 saturated carbocycles. The molecule has 0 spiro atoms. The molecule has 6 heteroatoms. The van der Waals surface area contributed by atoms with Gasteiger partial charge in [-0.05, 0) is 31.7 Å². The molecule has 0 bridgehead atoms. The van der Waals surface area contributed by atoms with E-state index in [1.807, 2.05) is 49.2 Å². The summed E-state index contributed by atoms with van der Waals surface area (Å²) in [7, 11) is 1.92. The fourth-order valence-electron chi connectivity index (χ4n) is 2.14. The number of aryl methyl sites for hydroxylation is 1. The van der Waals surface area contributed by atoms with Crippen LogP contribution in [-0.2, 0) is 17.9 Å². The van der Waals surface area contributed by atoms with Gasteiger partial charge in [0.25, 0.3) is 0 Å². The number of ether oxygens (including phenoxy) is 1. The number of rotatable bonds is 8. The van der Waals surface area contributed by atoms with Gasteiger partial charge in [0, 0.05) is 24.2 Å². The number of aromatic nitrogens is 1. The van der Waals surface area contributed by atoms with E-state index in [9.17, 15) is 5.11 Å². The van der Waals surface area contributed by atoms with Crippen LogP contribution in [0.5, 0.6) is 0 Å². The van der Waals surface area contributed by atoms with Crippen LogP contribution in [0.3, 0.4) is 0 Å². The molecule has 1 N–H and O–H groups in total. The molecule has 0 amide bonds. The van der Waals surface area contributed by atoms with Crippen LogP contribution in [0.1, 0.15) is 17.0 Å². The first-order valence-corrected chi connectivity index (χ1v) is 7.51. The number of halogens is 1. The molecular formula is C16H21ClN2O3. The van der Waals surface area contributed by atoms with Gasteiger partial charge >= 0.3 is 0 Å². The molecule has 0 saturated heterocycles. The van der Waals surface area contributed by atoms with E-state index in [-0.39, 0.29) is 6.61 Å². The summed E-state index contributed by atoms with van der Waals surface area (Å²) in [6, 6.07) is 9.36. The Bertz CT molecular complexity index is 571. The highest BCUT2D eigenvalue weighted by Gasteiger charge is 2.11. The molecule has 1 aromatic carbocycles. The number of benzene rings is 1. The minimum absolute atomic E-state index is 0.283. The lowest BCUT2D eigenvalue weighted by atomic mass is 10.2. The minimum atomic E-state index is -0.551. The standard InChI is InChI=1S/C16H21ClN2O3/c1-12-7-15(18-22-12)8-19(2)9-16(20)11-21-10-13-3-5-14(17)6-4-13/h3-7,16,20H,8-11H2,1-2H3. The first-order valence-electron chi connectivity index (χ1n) is 7.14. The van der Waals surface area contributed by atoms with E-state index in [2.05, 4.69) is 5.16 Å². The Morgan fingerprint density at radius 3 is 2.73 bits per heavy atom. The molecule has 1 heterocycles. The highest BCUT2D eigenvalue weighted by atomic mass is 35.5. The number of hydrogen-bond acceptors (Lipinski definition) is 5. The Hall–Kier alpha value is -1.40. The summed E-state index contributed by atoms with van der Waals surface area (Å²) < 4.78 is 10.5. The number of nitrogens with zero attached hydrogens (tertiary/aromatic N) is 2. The van der Waals surface area contributed by atoms with Gasteiger partial charge in [0.2, 0.25) is 0 Å². The monoisotopic (exact) mass is 324 g/mol. The zero-order valence-electron chi connectivity index (χ0n) is 12.8. The average Bonchev–Trinajstić information content (AvgIpc) is 2.86. The first kappa shape index (κ1) is 17.0. The molecule has 120 valence electrons. The maximum Gasteiger partial charge on any atom is 0.133 e. The zero-order valence-corrected chi connectivity index (χ0v) is 13.6. The zero-order chi connectivity index (χ0) is 15.9. The van der Waals surface area contributed by atoms with Gasteiger partial charge in [-0.25, -0.2) is 0 Å². The predicted molar refractivity (Wildman–Crippen MR) is 84.7 cm³/mol. The second kappa shape index (κ2) is 8.29. The second-order valence-corrected chi connectivity index (χ2v) is 5.86. The lowest BCUT2D eigenvalue weighted by Gasteiger charge is -2.19. The van der Waals surface area contributed by atoms with Gasteiger partial charge in [-0.2, -0.15) is 0 Å². The van der Waals surface area contributed by atoms with Crippen LogP contribution in [0, 0.1) is 6.92 Å². The summed E-state index contributed by atoms with van der Waals surface area (Å²) in [5, 5.41) is 14.6. The van der Waals surface area contributed by atoms with Crippen molar-refractivity contribution < 1.29 is 14.4 Å². The normalized spacial score (nSPS) is 12.8. The van der Waals surface area contributed by atoms with Gasteiger partial charge in [0.15, 0.2) is 0 Å². The van der Waals surface area contributed by atoms with Gasteiger partial charge in [-0.1, -0.05) is 28.9 Å². The topological polar surface area (TPSA) is 58.7 Å². The number of likely N-dealkylation sites (N-methyl/N-ethyl adjacent to an activating group) is 1. The molecule has 0 aliphatic heterocycles. The van der Waals surface area contributed by atoms with Crippen molar-refractivity contribution in [1.82, 2.24) is 10.1 Å². The van der Waals surface area contributed by atoms with Crippen LogP contribution in [0.15, 0.2) is 34.9 Å². The third-order valence-electron chi connectivity index (χ3n) is 3.12. The van der Waals surface area contributed by atoms with Crippen molar-refractivity contribution in [2.75, 3.05) is 20.2 Å². The van der Waals surface area contributed by atoms with Crippen LogP contribution in [-0.4, -0.2) is 41.5 Å². The van der Waals surface area contributed by atoms with Crippen LogP contribution in [0.25, 0.3) is 0 Å². The predicted octanol–water partition coefficient (Wildman–Crippen LogP) is 2.65. The van der Waals surface area contributed by atoms with Crippen molar-refractivity contribution in [1.29, 1.82) is 0 Å². The lowest BCUT2D eigenvalue weighted by Crippen LogP contribution is -2.31. The molecule has 22 heavy (non-hydrogen) atoms. The Morgan fingerprint density at radius 2 is 2.09 bits per heavy atom. The Kier molecular flexibility index (Phi) is 6.39. The number of hydrogen-bond donors (Lipinski definition) is 1. The molecular weight excluding hydrogens is 304 g/mol. The Morgan fingerprint density at radius 1 is 1.36 bits per heavy atom. The first-order chi connectivity index (χ1) is 10.5. The highest BCUT2D eigenvalue weighted by molar-refractivity contribution is 6.30. The van der Waals surface area contributed by atoms with E-state index in [0.717, 1.165) is 17.0 Å². The maximum atomic E-state index is 9.99. The van der Waals surface area contributed by atoms with E-state index in [0.29, 0.717) is 24.7 Å². The lowest BCUT2D eigenvalue weighted by molar-refractivity contribution is 0.0124. The fraction of sp³-hybridized carbons (Fsp3) is 0.438. The van der Waals surface area contributed by atoms with E-state index in [1.54, 1.807) is 0 Å². The van der Waals surface area contributed by atoms with Crippen LogP contribution >= 0.6 is 11.6 Å². The van der Waals surface area contributed by atoms with Crippen LogP contribution < -0.4 is 0 Å². The molecule has 2 aromatic rings.